The summed E-state index contributed by atoms with van der Waals surface area (Å²) in [7, 11) is 0. The number of nitrogens with zero attached hydrogens (tertiary/aromatic N) is 1. The van der Waals surface area contributed by atoms with E-state index in [0.29, 0.717) is 11.1 Å². The number of hydrogen-bond acceptors (Lipinski definition) is 12. The van der Waals surface area contributed by atoms with Crippen LogP contribution < -0.4 is 5.32 Å². The van der Waals surface area contributed by atoms with Gasteiger partial charge < -0.3 is 34.1 Å². The van der Waals surface area contributed by atoms with Crippen molar-refractivity contribution in [3.8, 4) is 0 Å². The third kappa shape index (κ3) is 7.62. The van der Waals surface area contributed by atoms with E-state index >= 15 is 0 Å². The second-order valence-electron chi connectivity index (χ2n) is 12.8. The molecule has 7 atom stereocenters. The van der Waals surface area contributed by atoms with E-state index in [1.54, 1.807) is 45.0 Å². The maximum atomic E-state index is 14.3. The minimum absolute atomic E-state index is 0.0255. The van der Waals surface area contributed by atoms with E-state index in [1.165, 1.54) is 11.1 Å². The highest BCUT2D eigenvalue weighted by atomic mass is 19.4. The fourth-order valence-electron chi connectivity index (χ4n) is 6.41. The lowest BCUT2D eigenvalue weighted by molar-refractivity contribution is -0.201. The Morgan fingerprint density at radius 2 is 1.89 bits per heavy atom. The van der Waals surface area contributed by atoms with Crippen molar-refractivity contribution in [2.75, 3.05) is 20.0 Å². The smallest absolute Gasteiger partial charge is 0.422 e. The van der Waals surface area contributed by atoms with E-state index in [9.17, 15) is 37.5 Å². The summed E-state index contributed by atoms with van der Waals surface area (Å²) >= 11 is 0. The largest absolute Gasteiger partial charge is 0.460 e. The number of aliphatic hydroxyl groups excluding tert-OH is 1. The summed E-state index contributed by atoms with van der Waals surface area (Å²) in [6.07, 6.45) is -5.83. The van der Waals surface area contributed by atoms with Gasteiger partial charge in [-0.1, -0.05) is 24.3 Å². The Hall–Kier alpha value is -3.57. The van der Waals surface area contributed by atoms with Crippen molar-refractivity contribution < 1.29 is 66.0 Å². The lowest BCUT2D eigenvalue weighted by atomic mass is 9.62. The molecular weight excluding hydrogens is 633 g/mol. The number of fused-ring (bicyclic) bond motifs is 4. The van der Waals surface area contributed by atoms with Crippen molar-refractivity contribution >= 4 is 29.9 Å². The van der Waals surface area contributed by atoms with Crippen molar-refractivity contribution in [2.24, 2.45) is 5.41 Å². The van der Waals surface area contributed by atoms with Crippen molar-refractivity contribution in [2.45, 2.75) is 94.9 Å². The van der Waals surface area contributed by atoms with Gasteiger partial charge in [0.15, 0.2) is 12.6 Å². The summed E-state index contributed by atoms with van der Waals surface area (Å²) in [5.74, 6) is -3.05. The van der Waals surface area contributed by atoms with Crippen LogP contribution in [0.5, 0.6) is 0 Å². The molecule has 3 heterocycles. The lowest BCUT2D eigenvalue weighted by Crippen LogP contribution is -2.70. The molecule has 2 N–H and O–H groups in total. The topological polar surface area (TPSA) is 159 Å². The van der Waals surface area contributed by atoms with Gasteiger partial charge in [-0.3, -0.25) is 19.2 Å². The van der Waals surface area contributed by atoms with Crippen LogP contribution in [-0.4, -0.2) is 102 Å². The molecule has 47 heavy (non-hydrogen) atoms. The van der Waals surface area contributed by atoms with Crippen LogP contribution in [0.3, 0.4) is 0 Å². The van der Waals surface area contributed by atoms with E-state index in [4.69, 9.17) is 23.8 Å². The van der Waals surface area contributed by atoms with Crippen molar-refractivity contribution in [1.29, 1.82) is 0 Å². The Kier molecular flexibility index (Phi) is 9.99. The number of rotatable bonds is 11. The standard InChI is InChI=1S/C31H37F3N2O11/c1-29(2,3)46-22(39)11-9-19(14-37)35-28(41)30-12-20-23-24(44-16-43-23)26(30)47-36(25(30)27(40)45-20)13-18-7-5-4-6-17(18)8-10-21(38)42-15-31(32,33)34/h4-8,10,19-20,23-26,37H,9,11-16H2,1-3H3,(H,35,41)/t19-,20+,23-,24-,25-,26+,30-/m0/s1. The van der Waals surface area contributed by atoms with Crippen LogP contribution in [0.25, 0.3) is 6.08 Å². The number of hydrogen-bond donors (Lipinski definition) is 2. The molecule has 16 heteroatoms. The van der Waals surface area contributed by atoms with Crippen LogP contribution >= 0.6 is 0 Å². The summed E-state index contributed by atoms with van der Waals surface area (Å²) in [6, 6.07) is 4.46. The third-order valence-corrected chi connectivity index (χ3v) is 8.33. The highest BCUT2D eigenvalue weighted by molar-refractivity contribution is 5.94. The molecule has 1 saturated carbocycles. The zero-order chi connectivity index (χ0) is 34.1. The minimum atomic E-state index is -4.68. The summed E-state index contributed by atoms with van der Waals surface area (Å²) < 4.78 is 64.2. The molecule has 1 aromatic rings. The highest BCUT2D eigenvalue weighted by Crippen LogP contribution is 2.55. The molecule has 4 fully saturated rings. The van der Waals surface area contributed by atoms with E-state index in [0.717, 1.165) is 6.08 Å². The van der Waals surface area contributed by atoms with E-state index in [1.807, 2.05) is 0 Å². The second-order valence-corrected chi connectivity index (χ2v) is 12.8. The lowest BCUT2D eigenvalue weighted by Gasteiger charge is -2.49. The van der Waals surface area contributed by atoms with Crippen LogP contribution in [-0.2, 0) is 54.2 Å². The zero-order valence-electron chi connectivity index (χ0n) is 26.0. The summed E-state index contributed by atoms with van der Waals surface area (Å²) in [5.41, 5.74) is -1.34. The number of alkyl halides is 3. The number of ether oxygens (including phenoxy) is 5. The summed E-state index contributed by atoms with van der Waals surface area (Å²) in [5, 5.41) is 14.2. The maximum Gasteiger partial charge on any atom is 0.422 e. The predicted molar refractivity (Wildman–Crippen MR) is 152 cm³/mol. The number of benzene rings is 1. The first-order chi connectivity index (χ1) is 22.1. The first kappa shape index (κ1) is 34.8. The van der Waals surface area contributed by atoms with Gasteiger partial charge in [0.2, 0.25) is 5.91 Å². The van der Waals surface area contributed by atoms with E-state index in [2.05, 4.69) is 10.1 Å². The number of carbonyl (C=O) groups excluding carboxylic acids is 4. The van der Waals surface area contributed by atoms with Crippen LogP contribution in [0.4, 0.5) is 13.2 Å². The van der Waals surface area contributed by atoms with E-state index in [-0.39, 0.29) is 32.6 Å². The number of esters is 3. The number of halogens is 3. The Morgan fingerprint density at radius 1 is 1.17 bits per heavy atom. The van der Waals surface area contributed by atoms with Crippen LogP contribution in [0.1, 0.15) is 51.2 Å². The molecule has 3 aliphatic heterocycles. The van der Waals surface area contributed by atoms with Crippen LogP contribution in [0.2, 0.25) is 0 Å². The minimum Gasteiger partial charge on any atom is -0.460 e. The summed E-state index contributed by atoms with van der Waals surface area (Å²) in [6.45, 7) is 2.73. The van der Waals surface area contributed by atoms with Gasteiger partial charge in [-0.2, -0.15) is 18.2 Å². The number of nitrogens with one attached hydrogen (secondary N) is 1. The van der Waals surface area contributed by atoms with Gasteiger partial charge in [0, 0.05) is 18.9 Å². The molecule has 0 radical (unpaired) electrons. The molecule has 258 valence electrons. The van der Waals surface area contributed by atoms with Gasteiger partial charge in [-0.25, -0.2) is 4.79 Å². The summed E-state index contributed by atoms with van der Waals surface area (Å²) in [4.78, 5) is 58.4. The monoisotopic (exact) mass is 670 g/mol. The van der Waals surface area contributed by atoms with Crippen LogP contribution in [0.15, 0.2) is 30.3 Å². The Labute approximate surface area is 268 Å². The molecule has 2 bridgehead atoms. The van der Waals surface area contributed by atoms with Gasteiger partial charge in [-0.05, 0) is 44.4 Å². The molecule has 0 unspecified atom stereocenters. The quantitative estimate of drug-likeness (QED) is 0.201. The van der Waals surface area contributed by atoms with Gasteiger partial charge in [0.05, 0.1) is 19.2 Å². The van der Waals surface area contributed by atoms with Crippen molar-refractivity contribution in [3.63, 3.8) is 0 Å². The molecule has 1 aromatic carbocycles. The second kappa shape index (κ2) is 13.5. The van der Waals surface area contributed by atoms with Crippen molar-refractivity contribution in [3.05, 3.63) is 41.5 Å². The SMILES string of the molecule is CC(C)(C)OC(=O)CC[C@@H](CO)NC(=O)[C@@]12C[C@H]3OC(=O)[C@@H]1N(Cc1ccccc1C=CC(=O)OCC(F)(F)F)O[C@@H]2[C@H]1OCO[C@H]13. The fraction of sp³-hybridized carbons (Fsp3) is 0.613. The molecule has 3 saturated heterocycles. The maximum absolute atomic E-state index is 14.3. The number of amides is 1. The van der Waals surface area contributed by atoms with Gasteiger partial charge in [-0.15, -0.1) is 0 Å². The Bertz CT molecular complexity index is 1400. The van der Waals surface area contributed by atoms with Gasteiger partial charge >= 0.3 is 24.1 Å². The van der Waals surface area contributed by atoms with E-state index < -0.39 is 90.7 Å². The fourth-order valence-corrected chi connectivity index (χ4v) is 6.41. The molecular formula is C31H37F3N2O11. The Morgan fingerprint density at radius 3 is 2.60 bits per heavy atom. The molecule has 0 spiro atoms. The average Bonchev–Trinajstić information content (AvgIpc) is 3.61. The molecule has 1 amide bonds. The molecule has 13 nitrogen and oxygen atoms in total. The molecule has 4 aliphatic rings. The normalized spacial score (nSPS) is 29.3. The highest BCUT2D eigenvalue weighted by Gasteiger charge is 2.74. The van der Waals surface area contributed by atoms with Crippen molar-refractivity contribution in [1.82, 2.24) is 10.4 Å². The predicted octanol–water partition coefficient (Wildman–Crippen LogP) is 1.95. The number of aliphatic hydroxyl groups is 1. The molecule has 1 aliphatic carbocycles. The average molecular weight is 671 g/mol. The Balaban J connectivity index is 1.38. The zero-order valence-corrected chi connectivity index (χ0v) is 26.0. The first-order valence-corrected chi connectivity index (χ1v) is 15.1. The van der Waals surface area contributed by atoms with Gasteiger partial charge in [0.25, 0.3) is 0 Å². The third-order valence-electron chi connectivity index (χ3n) is 8.33. The molecule has 0 aromatic heterocycles. The molecule has 5 rings (SSSR count). The number of carbonyl (C=O) groups is 4. The first-order valence-electron chi connectivity index (χ1n) is 15.1. The number of hydroxylamine groups is 2. The van der Waals surface area contributed by atoms with Gasteiger partial charge in [0.1, 0.15) is 42.2 Å². The van der Waals surface area contributed by atoms with Crippen LogP contribution in [0, 0.1) is 5.41 Å².